The van der Waals surface area contributed by atoms with Crippen LogP contribution in [-0.4, -0.2) is 10.9 Å². The molecule has 17 heavy (non-hydrogen) atoms. The minimum Gasteiger partial charge on any atom is -0.322 e. The lowest BCUT2D eigenvalue weighted by Gasteiger charge is -2.09. The second kappa shape index (κ2) is 5.25. The number of nitrogens with one attached hydrogen (secondary N) is 1. The third-order valence-electron chi connectivity index (χ3n) is 2.57. The first-order valence-corrected chi connectivity index (χ1v) is 5.60. The van der Waals surface area contributed by atoms with Crippen LogP contribution >= 0.6 is 0 Å². The summed E-state index contributed by atoms with van der Waals surface area (Å²) < 4.78 is 0. The second-order valence-electron chi connectivity index (χ2n) is 3.71. The highest BCUT2D eigenvalue weighted by Gasteiger charge is 2.07. The van der Waals surface area contributed by atoms with Crippen LogP contribution in [0.2, 0.25) is 0 Å². The summed E-state index contributed by atoms with van der Waals surface area (Å²) >= 11 is 0. The smallest absolute Gasteiger partial charge is 0.257 e. The van der Waals surface area contributed by atoms with Gasteiger partial charge in [0.05, 0.1) is 5.56 Å². The van der Waals surface area contributed by atoms with E-state index in [9.17, 15) is 4.79 Å². The Labute approximate surface area is 101 Å². The molecule has 2 aromatic rings. The van der Waals surface area contributed by atoms with Crippen molar-refractivity contribution in [2.24, 2.45) is 0 Å². The number of amides is 1. The molecule has 1 aromatic carbocycles. The molecule has 0 spiro atoms. The van der Waals surface area contributed by atoms with Crippen LogP contribution in [0.3, 0.4) is 0 Å². The van der Waals surface area contributed by atoms with E-state index in [-0.39, 0.29) is 5.91 Å². The van der Waals surface area contributed by atoms with Gasteiger partial charge < -0.3 is 5.32 Å². The summed E-state index contributed by atoms with van der Waals surface area (Å²) in [5, 5.41) is 2.90. The molecule has 0 bridgehead atoms. The lowest BCUT2D eigenvalue weighted by atomic mass is 10.1. The highest BCUT2D eigenvalue weighted by molar-refractivity contribution is 6.04. The highest BCUT2D eigenvalue weighted by Crippen LogP contribution is 2.16. The SMILES string of the molecule is CCc1ccccc1NC(=O)c1cccnc1. The zero-order valence-corrected chi connectivity index (χ0v) is 9.68. The van der Waals surface area contributed by atoms with Crippen LogP contribution in [0.5, 0.6) is 0 Å². The topological polar surface area (TPSA) is 42.0 Å². The van der Waals surface area contributed by atoms with Gasteiger partial charge in [0, 0.05) is 18.1 Å². The summed E-state index contributed by atoms with van der Waals surface area (Å²) in [6.45, 7) is 2.06. The Bertz CT molecular complexity index is 509. The first-order valence-electron chi connectivity index (χ1n) is 5.60. The molecule has 0 unspecified atom stereocenters. The fourth-order valence-corrected chi connectivity index (χ4v) is 1.64. The van der Waals surface area contributed by atoms with Gasteiger partial charge in [-0.1, -0.05) is 25.1 Å². The van der Waals surface area contributed by atoms with Crippen molar-refractivity contribution in [3.05, 3.63) is 59.9 Å². The van der Waals surface area contributed by atoms with E-state index in [0.717, 1.165) is 17.7 Å². The summed E-state index contributed by atoms with van der Waals surface area (Å²) in [4.78, 5) is 15.9. The predicted octanol–water partition coefficient (Wildman–Crippen LogP) is 2.90. The number of hydrogen-bond acceptors (Lipinski definition) is 2. The Morgan fingerprint density at radius 1 is 1.24 bits per heavy atom. The minimum atomic E-state index is -0.126. The minimum absolute atomic E-state index is 0.126. The highest BCUT2D eigenvalue weighted by atomic mass is 16.1. The van der Waals surface area contributed by atoms with Crippen molar-refractivity contribution in [3.63, 3.8) is 0 Å². The molecule has 86 valence electrons. The van der Waals surface area contributed by atoms with Crippen molar-refractivity contribution in [2.45, 2.75) is 13.3 Å². The lowest BCUT2D eigenvalue weighted by molar-refractivity contribution is 0.102. The molecule has 0 saturated heterocycles. The van der Waals surface area contributed by atoms with Crippen LogP contribution in [0.15, 0.2) is 48.8 Å². The van der Waals surface area contributed by atoms with Gasteiger partial charge in [0.1, 0.15) is 0 Å². The van der Waals surface area contributed by atoms with Gasteiger partial charge in [-0.3, -0.25) is 9.78 Å². The van der Waals surface area contributed by atoms with E-state index >= 15 is 0 Å². The lowest BCUT2D eigenvalue weighted by Crippen LogP contribution is -2.13. The molecule has 1 aromatic heterocycles. The first-order chi connectivity index (χ1) is 8.31. The van der Waals surface area contributed by atoms with Gasteiger partial charge in [0.2, 0.25) is 0 Å². The van der Waals surface area contributed by atoms with Crippen molar-refractivity contribution in [1.82, 2.24) is 4.98 Å². The number of para-hydroxylation sites is 1. The quantitative estimate of drug-likeness (QED) is 0.874. The molecule has 2 rings (SSSR count). The maximum atomic E-state index is 11.9. The van der Waals surface area contributed by atoms with Crippen LogP contribution in [0, 0.1) is 0 Å². The zero-order chi connectivity index (χ0) is 12.1. The number of nitrogens with zero attached hydrogens (tertiary/aromatic N) is 1. The second-order valence-corrected chi connectivity index (χ2v) is 3.71. The number of aryl methyl sites for hydroxylation is 1. The third kappa shape index (κ3) is 2.69. The summed E-state index contributed by atoms with van der Waals surface area (Å²) in [5.41, 5.74) is 2.56. The normalized spacial score (nSPS) is 9.94. The molecular weight excluding hydrogens is 212 g/mol. The summed E-state index contributed by atoms with van der Waals surface area (Å²) in [6, 6.07) is 11.3. The maximum Gasteiger partial charge on any atom is 0.257 e. The Morgan fingerprint density at radius 3 is 2.76 bits per heavy atom. The average molecular weight is 226 g/mol. The maximum absolute atomic E-state index is 11.9. The van der Waals surface area contributed by atoms with Gasteiger partial charge in [-0.15, -0.1) is 0 Å². The van der Waals surface area contributed by atoms with E-state index in [0.29, 0.717) is 5.56 Å². The molecule has 3 nitrogen and oxygen atoms in total. The van der Waals surface area contributed by atoms with Gasteiger partial charge in [0.15, 0.2) is 0 Å². The van der Waals surface area contributed by atoms with Crippen LogP contribution in [-0.2, 0) is 6.42 Å². The number of rotatable bonds is 3. The van der Waals surface area contributed by atoms with Gasteiger partial charge >= 0.3 is 0 Å². The van der Waals surface area contributed by atoms with Crippen LogP contribution < -0.4 is 5.32 Å². The summed E-state index contributed by atoms with van der Waals surface area (Å²) in [6.07, 6.45) is 4.10. The number of benzene rings is 1. The Kier molecular flexibility index (Phi) is 3.50. The van der Waals surface area contributed by atoms with E-state index in [2.05, 4.69) is 17.2 Å². The van der Waals surface area contributed by atoms with Gasteiger partial charge in [-0.2, -0.15) is 0 Å². The van der Waals surface area contributed by atoms with Gasteiger partial charge in [0.25, 0.3) is 5.91 Å². The van der Waals surface area contributed by atoms with Crippen LogP contribution in [0.25, 0.3) is 0 Å². The van der Waals surface area contributed by atoms with E-state index in [1.54, 1.807) is 24.5 Å². The molecule has 1 amide bonds. The van der Waals surface area contributed by atoms with Gasteiger partial charge in [-0.05, 0) is 30.2 Å². The largest absolute Gasteiger partial charge is 0.322 e. The van der Waals surface area contributed by atoms with Gasteiger partial charge in [-0.25, -0.2) is 0 Å². The number of hydrogen-bond donors (Lipinski definition) is 1. The molecule has 0 saturated carbocycles. The fourth-order valence-electron chi connectivity index (χ4n) is 1.64. The molecular formula is C14H14N2O. The van der Waals surface area contributed by atoms with Crippen LogP contribution in [0.1, 0.15) is 22.8 Å². The Hall–Kier alpha value is -2.16. The fraction of sp³-hybridized carbons (Fsp3) is 0.143. The van der Waals surface area contributed by atoms with Crippen molar-refractivity contribution < 1.29 is 4.79 Å². The van der Waals surface area contributed by atoms with Crippen molar-refractivity contribution in [3.8, 4) is 0 Å². The molecule has 1 heterocycles. The monoisotopic (exact) mass is 226 g/mol. The molecule has 0 radical (unpaired) electrons. The number of anilines is 1. The van der Waals surface area contributed by atoms with Crippen molar-refractivity contribution in [2.75, 3.05) is 5.32 Å². The number of carbonyl (C=O) groups is 1. The zero-order valence-electron chi connectivity index (χ0n) is 9.68. The summed E-state index contributed by atoms with van der Waals surface area (Å²) in [5.74, 6) is -0.126. The van der Waals surface area contributed by atoms with E-state index in [1.165, 1.54) is 0 Å². The molecule has 3 heteroatoms. The molecule has 0 aliphatic carbocycles. The molecule has 1 N–H and O–H groups in total. The molecule has 0 aliphatic heterocycles. The van der Waals surface area contributed by atoms with Crippen LogP contribution in [0.4, 0.5) is 5.69 Å². The molecule has 0 aliphatic rings. The Balaban J connectivity index is 2.19. The van der Waals surface area contributed by atoms with Crippen molar-refractivity contribution >= 4 is 11.6 Å². The van der Waals surface area contributed by atoms with E-state index in [4.69, 9.17) is 0 Å². The summed E-state index contributed by atoms with van der Waals surface area (Å²) in [7, 11) is 0. The Morgan fingerprint density at radius 2 is 2.06 bits per heavy atom. The molecule has 0 atom stereocenters. The number of pyridine rings is 1. The van der Waals surface area contributed by atoms with E-state index < -0.39 is 0 Å². The third-order valence-corrected chi connectivity index (χ3v) is 2.57. The standard InChI is InChI=1S/C14H14N2O/c1-2-11-6-3-4-8-13(11)16-14(17)12-7-5-9-15-10-12/h3-10H,2H2,1H3,(H,16,17). The molecule has 0 fully saturated rings. The number of aromatic nitrogens is 1. The number of carbonyl (C=O) groups excluding carboxylic acids is 1. The average Bonchev–Trinajstić information content (AvgIpc) is 2.40. The predicted molar refractivity (Wildman–Crippen MR) is 68.0 cm³/mol. The van der Waals surface area contributed by atoms with E-state index in [1.807, 2.05) is 24.3 Å². The first kappa shape index (κ1) is 11.3. The van der Waals surface area contributed by atoms with Crippen molar-refractivity contribution in [1.29, 1.82) is 0 Å².